The molecule has 20 heavy (non-hydrogen) atoms. The molecule has 2 aromatic carbocycles. The zero-order chi connectivity index (χ0) is 14.5. The summed E-state index contributed by atoms with van der Waals surface area (Å²) >= 11 is 7.37. The maximum absolute atomic E-state index is 13.5. The minimum absolute atomic E-state index is 0.217. The molecule has 0 spiro atoms. The first-order valence-electron chi connectivity index (χ1n) is 6.08. The fraction of sp³-hybridized carbons (Fsp3) is 0.200. The zero-order valence-corrected chi connectivity index (χ0v) is 12.5. The molecule has 0 radical (unpaired) electrons. The van der Waals surface area contributed by atoms with Crippen LogP contribution in [0.2, 0.25) is 5.02 Å². The number of rotatable bonds is 5. The van der Waals surface area contributed by atoms with Crippen molar-refractivity contribution < 1.29 is 9.13 Å². The van der Waals surface area contributed by atoms with Crippen molar-refractivity contribution in [1.82, 2.24) is 0 Å². The van der Waals surface area contributed by atoms with Crippen LogP contribution in [-0.2, 0) is 0 Å². The molecule has 0 fully saturated rings. The van der Waals surface area contributed by atoms with Crippen LogP contribution in [0, 0.1) is 5.82 Å². The van der Waals surface area contributed by atoms with Crippen molar-refractivity contribution >= 4 is 23.4 Å². The van der Waals surface area contributed by atoms with E-state index in [0.717, 1.165) is 5.56 Å². The lowest BCUT2D eigenvalue weighted by Gasteiger charge is -2.14. The third kappa shape index (κ3) is 3.66. The average molecular weight is 312 g/mol. The Balaban J connectivity index is 2.05. The molecule has 5 heteroatoms. The van der Waals surface area contributed by atoms with Gasteiger partial charge in [-0.25, -0.2) is 4.39 Å². The molecule has 2 aromatic rings. The van der Waals surface area contributed by atoms with Crippen molar-refractivity contribution in [2.45, 2.75) is 10.9 Å². The first-order valence-corrected chi connectivity index (χ1v) is 7.44. The number of benzene rings is 2. The zero-order valence-electron chi connectivity index (χ0n) is 11.0. The van der Waals surface area contributed by atoms with Crippen LogP contribution < -0.4 is 10.5 Å². The quantitative estimate of drug-likeness (QED) is 0.837. The molecule has 0 aliphatic rings. The van der Waals surface area contributed by atoms with Gasteiger partial charge in [-0.05, 0) is 29.8 Å². The van der Waals surface area contributed by atoms with E-state index in [2.05, 4.69) is 0 Å². The van der Waals surface area contributed by atoms with Crippen LogP contribution in [-0.4, -0.2) is 12.9 Å². The lowest BCUT2D eigenvalue weighted by atomic mass is 10.1. The van der Waals surface area contributed by atoms with Gasteiger partial charge >= 0.3 is 0 Å². The van der Waals surface area contributed by atoms with E-state index in [9.17, 15) is 4.39 Å². The van der Waals surface area contributed by atoms with E-state index in [1.165, 1.54) is 17.8 Å². The molecule has 0 aliphatic heterocycles. The predicted molar refractivity (Wildman–Crippen MR) is 82.1 cm³/mol. The Labute approximate surface area is 127 Å². The van der Waals surface area contributed by atoms with Crippen LogP contribution >= 0.6 is 23.4 Å². The van der Waals surface area contributed by atoms with Gasteiger partial charge in [0.1, 0.15) is 11.6 Å². The van der Waals surface area contributed by atoms with Gasteiger partial charge in [-0.2, -0.15) is 0 Å². The Hall–Kier alpha value is -1.23. The first kappa shape index (κ1) is 15.2. The monoisotopic (exact) mass is 311 g/mol. The summed E-state index contributed by atoms with van der Waals surface area (Å²) in [6, 6.07) is 11.9. The van der Waals surface area contributed by atoms with E-state index < -0.39 is 0 Å². The van der Waals surface area contributed by atoms with E-state index in [4.69, 9.17) is 22.1 Å². The summed E-state index contributed by atoms with van der Waals surface area (Å²) in [7, 11) is 1.56. The fourth-order valence-corrected chi connectivity index (χ4v) is 2.87. The van der Waals surface area contributed by atoms with Crippen LogP contribution in [0.5, 0.6) is 5.75 Å². The summed E-state index contributed by atoms with van der Waals surface area (Å²) in [5, 5.41) is 0.546. The molecule has 0 aromatic heterocycles. The van der Waals surface area contributed by atoms with Crippen LogP contribution in [0.25, 0.3) is 0 Å². The molecule has 1 unspecified atom stereocenters. The molecule has 2 N–H and O–H groups in total. The summed E-state index contributed by atoms with van der Waals surface area (Å²) in [4.78, 5) is 0.601. The molecule has 106 valence electrons. The second-order valence-electron chi connectivity index (χ2n) is 4.24. The van der Waals surface area contributed by atoms with E-state index >= 15 is 0 Å². The molecular formula is C15H15ClFNOS. The Morgan fingerprint density at radius 3 is 2.75 bits per heavy atom. The van der Waals surface area contributed by atoms with Crippen molar-refractivity contribution in [3.8, 4) is 5.75 Å². The maximum atomic E-state index is 13.5. The number of nitrogens with two attached hydrogens (primary N) is 1. The average Bonchev–Trinajstić information content (AvgIpc) is 2.46. The molecule has 1 atom stereocenters. The highest BCUT2D eigenvalue weighted by Crippen LogP contribution is 2.30. The highest BCUT2D eigenvalue weighted by molar-refractivity contribution is 7.99. The van der Waals surface area contributed by atoms with Gasteiger partial charge in [0, 0.05) is 16.7 Å². The van der Waals surface area contributed by atoms with Crippen molar-refractivity contribution in [3.05, 3.63) is 58.9 Å². The summed E-state index contributed by atoms with van der Waals surface area (Å²) in [6.07, 6.45) is 0. The smallest absolute Gasteiger partial charge is 0.137 e. The molecule has 0 saturated heterocycles. The third-order valence-electron chi connectivity index (χ3n) is 2.86. The molecular weight excluding hydrogens is 297 g/mol. The van der Waals surface area contributed by atoms with Gasteiger partial charge in [0.15, 0.2) is 0 Å². The van der Waals surface area contributed by atoms with Crippen LogP contribution in [0.15, 0.2) is 47.4 Å². The number of ether oxygens (including phenoxy) is 1. The number of halogens is 2. The molecule has 0 bridgehead atoms. The topological polar surface area (TPSA) is 35.2 Å². The maximum Gasteiger partial charge on any atom is 0.137 e. The minimum Gasteiger partial charge on any atom is -0.495 e. The number of hydrogen-bond acceptors (Lipinski definition) is 3. The molecule has 0 amide bonds. The van der Waals surface area contributed by atoms with Crippen molar-refractivity contribution in [2.75, 3.05) is 12.9 Å². The highest BCUT2D eigenvalue weighted by Gasteiger charge is 2.11. The molecule has 0 aliphatic carbocycles. The lowest BCUT2D eigenvalue weighted by Crippen LogP contribution is -2.13. The van der Waals surface area contributed by atoms with Gasteiger partial charge in [0.25, 0.3) is 0 Å². The summed E-state index contributed by atoms with van der Waals surface area (Å²) in [5.41, 5.74) is 7.04. The van der Waals surface area contributed by atoms with Crippen molar-refractivity contribution in [3.63, 3.8) is 0 Å². The Morgan fingerprint density at radius 1 is 1.30 bits per heavy atom. The third-order valence-corrected chi connectivity index (χ3v) is 4.34. The Morgan fingerprint density at radius 2 is 2.05 bits per heavy atom. The largest absolute Gasteiger partial charge is 0.495 e. The van der Waals surface area contributed by atoms with Crippen molar-refractivity contribution in [2.24, 2.45) is 5.73 Å². The molecule has 0 saturated carbocycles. The first-order chi connectivity index (χ1) is 9.61. The van der Waals surface area contributed by atoms with Gasteiger partial charge in [-0.15, -0.1) is 11.8 Å². The minimum atomic E-state index is -0.224. The summed E-state index contributed by atoms with van der Waals surface area (Å²) in [6.45, 7) is 0. The number of methoxy groups -OCH3 is 1. The standard InChI is InChI=1S/C15H15ClFNOS/c1-19-14-8-10(6-7-11(14)16)13(18)9-20-15-5-3-2-4-12(15)17/h2-8,13H,9,18H2,1H3. The van der Waals surface area contributed by atoms with Gasteiger partial charge in [-0.3, -0.25) is 0 Å². The van der Waals surface area contributed by atoms with E-state index in [-0.39, 0.29) is 11.9 Å². The van der Waals surface area contributed by atoms with Crippen LogP contribution in [0.3, 0.4) is 0 Å². The summed E-state index contributed by atoms with van der Waals surface area (Å²) in [5.74, 6) is 0.944. The van der Waals surface area contributed by atoms with Gasteiger partial charge in [-0.1, -0.05) is 29.8 Å². The van der Waals surface area contributed by atoms with Crippen molar-refractivity contribution in [1.29, 1.82) is 0 Å². The summed E-state index contributed by atoms with van der Waals surface area (Å²) < 4.78 is 18.7. The second-order valence-corrected chi connectivity index (χ2v) is 5.71. The Bertz CT molecular complexity index is 594. The fourth-order valence-electron chi connectivity index (χ4n) is 1.74. The van der Waals surface area contributed by atoms with Gasteiger partial charge < -0.3 is 10.5 Å². The lowest BCUT2D eigenvalue weighted by molar-refractivity contribution is 0.414. The van der Waals surface area contributed by atoms with Gasteiger partial charge in [0.05, 0.1) is 12.1 Å². The molecule has 0 heterocycles. The van der Waals surface area contributed by atoms with Gasteiger partial charge in [0.2, 0.25) is 0 Å². The van der Waals surface area contributed by atoms with E-state index in [0.29, 0.717) is 21.4 Å². The highest BCUT2D eigenvalue weighted by atomic mass is 35.5. The second kappa shape index (κ2) is 6.97. The van der Waals surface area contributed by atoms with Crippen LogP contribution in [0.1, 0.15) is 11.6 Å². The van der Waals surface area contributed by atoms with E-state index in [1.807, 2.05) is 18.2 Å². The predicted octanol–water partition coefficient (Wildman–Crippen LogP) is 4.28. The SMILES string of the molecule is COc1cc(C(N)CSc2ccccc2F)ccc1Cl. The van der Waals surface area contributed by atoms with Crippen LogP contribution in [0.4, 0.5) is 4.39 Å². The number of hydrogen-bond donors (Lipinski definition) is 1. The normalized spacial score (nSPS) is 12.2. The number of thioether (sulfide) groups is 1. The molecule has 2 rings (SSSR count). The Kier molecular flexibility index (Phi) is 5.29. The van der Waals surface area contributed by atoms with E-state index in [1.54, 1.807) is 25.3 Å². The molecule has 2 nitrogen and oxygen atoms in total.